The standard InChI is InChI=1S/C21H29NO3/c1-15-7-3-4-8-16(15)11-19(21(24)25-2)12-20(23)22-13-17-9-5-6-10-18(17)14-22/h3-4,7-8,17-19H,5-6,9-14H2,1-2H3/t17-,18+,19?. The highest BCUT2D eigenvalue weighted by Crippen LogP contribution is 2.36. The smallest absolute Gasteiger partial charge is 0.309 e. The molecule has 0 radical (unpaired) electrons. The molecule has 2 aliphatic rings. The third-order valence-electron chi connectivity index (χ3n) is 6.01. The second-order valence-corrected chi connectivity index (χ2v) is 7.66. The summed E-state index contributed by atoms with van der Waals surface area (Å²) in [5.74, 6) is 0.768. The number of nitrogens with zero attached hydrogens (tertiary/aromatic N) is 1. The van der Waals surface area contributed by atoms with Crippen molar-refractivity contribution in [2.45, 2.75) is 45.4 Å². The molecule has 1 aromatic rings. The van der Waals surface area contributed by atoms with Crippen molar-refractivity contribution in [1.29, 1.82) is 0 Å². The van der Waals surface area contributed by atoms with Gasteiger partial charge in [-0.05, 0) is 49.1 Å². The number of carbonyl (C=O) groups excluding carboxylic acids is 2. The van der Waals surface area contributed by atoms with E-state index >= 15 is 0 Å². The molecular formula is C21H29NO3. The van der Waals surface area contributed by atoms with Crippen molar-refractivity contribution in [3.63, 3.8) is 0 Å². The average molecular weight is 343 g/mol. The fourth-order valence-electron chi connectivity index (χ4n) is 4.46. The average Bonchev–Trinajstić information content (AvgIpc) is 3.06. The molecule has 136 valence electrons. The van der Waals surface area contributed by atoms with Crippen molar-refractivity contribution < 1.29 is 14.3 Å². The van der Waals surface area contributed by atoms with Crippen molar-refractivity contribution >= 4 is 11.9 Å². The van der Waals surface area contributed by atoms with E-state index in [0.29, 0.717) is 18.3 Å². The quantitative estimate of drug-likeness (QED) is 0.770. The van der Waals surface area contributed by atoms with E-state index < -0.39 is 5.92 Å². The monoisotopic (exact) mass is 343 g/mol. The number of amides is 1. The summed E-state index contributed by atoms with van der Waals surface area (Å²) in [6.45, 7) is 3.79. The lowest BCUT2D eigenvalue weighted by Crippen LogP contribution is -2.33. The molecule has 3 atom stereocenters. The summed E-state index contributed by atoms with van der Waals surface area (Å²) in [5, 5.41) is 0. The molecule has 1 saturated carbocycles. The van der Waals surface area contributed by atoms with E-state index in [0.717, 1.165) is 24.2 Å². The summed E-state index contributed by atoms with van der Waals surface area (Å²) in [7, 11) is 1.40. The van der Waals surface area contributed by atoms with Crippen LogP contribution in [0.3, 0.4) is 0 Å². The minimum atomic E-state index is -0.402. The van der Waals surface area contributed by atoms with Crippen molar-refractivity contribution in [3.05, 3.63) is 35.4 Å². The molecule has 25 heavy (non-hydrogen) atoms. The lowest BCUT2D eigenvalue weighted by atomic mass is 9.82. The number of fused-ring (bicyclic) bond motifs is 1. The first kappa shape index (κ1) is 18.0. The zero-order valence-corrected chi connectivity index (χ0v) is 15.4. The zero-order valence-electron chi connectivity index (χ0n) is 15.4. The number of ether oxygens (including phenoxy) is 1. The molecule has 1 aliphatic carbocycles. The van der Waals surface area contributed by atoms with Crippen molar-refractivity contribution in [2.75, 3.05) is 20.2 Å². The number of benzene rings is 1. The highest BCUT2D eigenvalue weighted by atomic mass is 16.5. The van der Waals surface area contributed by atoms with Crippen LogP contribution in [0.2, 0.25) is 0 Å². The Hall–Kier alpha value is -1.84. The number of esters is 1. The summed E-state index contributed by atoms with van der Waals surface area (Å²) < 4.78 is 4.97. The van der Waals surface area contributed by atoms with Gasteiger partial charge in [-0.2, -0.15) is 0 Å². The van der Waals surface area contributed by atoms with Crippen molar-refractivity contribution in [2.24, 2.45) is 17.8 Å². The zero-order chi connectivity index (χ0) is 17.8. The van der Waals surface area contributed by atoms with Crippen LogP contribution in [0.5, 0.6) is 0 Å². The topological polar surface area (TPSA) is 46.6 Å². The van der Waals surface area contributed by atoms with Gasteiger partial charge in [0, 0.05) is 19.5 Å². The maximum absolute atomic E-state index is 12.8. The third kappa shape index (κ3) is 4.23. The van der Waals surface area contributed by atoms with Crippen LogP contribution in [-0.2, 0) is 20.7 Å². The van der Waals surface area contributed by atoms with Crippen LogP contribution in [0.15, 0.2) is 24.3 Å². The molecule has 1 aromatic carbocycles. The third-order valence-corrected chi connectivity index (χ3v) is 6.01. The fraction of sp³-hybridized carbons (Fsp3) is 0.619. The molecule has 1 unspecified atom stereocenters. The van der Waals surface area contributed by atoms with Gasteiger partial charge in [0.2, 0.25) is 5.91 Å². The highest BCUT2D eigenvalue weighted by molar-refractivity contribution is 5.83. The largest absolute Gasteiger partial charge is 0.469 e. The molecule has 4 nitrogen and oxygen atoms in total. The van der Waals surface area contributed by atoms with Gasteiger partial charge >= 0.3 is 5.97 Å². The molecule has 1 aliphatic heterocycles. The van der Waals surface area contributed by atoms with E-state index in [1.165, 1.54) is 32.8 Å². The Morgan fingerprint density at radius 3 is 2.40 bits per heavy atom. The number of methoxy groups -OCH3 is 1. The molecule has 0 bridgehead atoms. The van der Waals surface area contributed by atoms with Crippen LogP contribution in [-0.4, -0.2) is 37.0 Å². The molecule has 3 rings (SSSR count). The first-order valence-electron chi connectivity index (χ1n) is 9.48. The van der Waals surface area contributed by atoms with Gasteiger partial charge in [0.15, 0.2) is 0 Å². The molecule has 2 fully saturated rings. The summed E-state index contributed by atoms with van der Waals surface area (Å²) in [5.41, 5.74) is 2.26. The highest BCUT2D eigenvalue weighted by Gasteiger charge is 2.37. The van der Waals surface area contributed by atoms with Gasteiger partial charge in [0.25, 0.3) is 0 Å². The summed E-state index contributed by atoms with van der Waals surface area (Å²) in [6.07, 6.45) is 5.89. The van der Waals surface area contributed by atoms with Gasteiger partial charge in [0.1, 0.15) is 0 Å². The molecule has 1 saturated heterocycles. The molecule has 0 N–H and O–H groups in total. The Morgan fingerprint density at radius 1 is 1.16 bits per heavy atom. The molecular weight excluding hydrogens is 314 g/mol. The van der Waals surface area contributed by atoms with Crippen LogP contribution >= 0.6 is 0 Å². The van der Waals surface area contributed by atoms with E-state index in [1.54, 1.807) is 0 Å². The van der Waals surface area contributed by atoms with Crippen LogP contribution in [0.4, 0.5) is 0 Å². The molecule has 1 heterocycles. The molecule has 0 spiro atoms. The minimum Gasteiger partial charge on any atom is -0.469 e. The minimum absolute atomic E-state index is 0.110. The van der Waals surface area contributed by atoms with Gasteiger partial charge in [-0.15, -0.1) is 0 Å². The first-order valence-corrected chi connectivity index (χ1v) is 9.48. The Labute approximate surface area is 150 Å². The maximum Gasteiger partial charge on any atom is 0.309 e. The maximum atomic E-state index is 12.8. The second-order valence-electron chi connectivity index (χ2n) is 7.66. The second kappa shape index (κ2) is 8.03. The van der Waals surface area contributed by atoms with Gasteiger partial charge in [-0.3, -0.25) is 9.59 Å². The van der Waals surface area contributed by atoms with Crippen molar-refractivity contribution in [3.8, 4) is 0 Å². The number of carbonyl (C=O) groups is 2. The predicted molar refractivity (Wildman–Crippen MR) is 97.0 cm³/mol. The number of aryl methyl sites for hydroxylation is 1. The van der Waals surface area contributed by atoms with Crippen LogP contribution < -0.4 is 0 Å². The van der Waals surface area contributed by atoms with E-state index in [1.807, 2.05) is 36.1 Å². The normalized spacial score (nSPS) is 23.8. The van der Waals surface area contributed by atoms with Gasteiger partial charge in [-0.1, -0.05) is 37.1 Å². The Morgan fingerprint density at radius 2 is 1.80 bits per heavy atom. The Kier molecular flexibility index (Phi) is 5.77. The van der Waals surface area contributed by atoms with Crippen molar-refractivity contribution in [1.82, 2.24) is 4.90 Å². The van der Waals surface area contributed by atoms with Gasteiger partial charge < -0.3 is 9.64 Å². The summed E-state index contributed by atoms with van der Waals surface area (Å²) in [4.78, 5) is 27.0. The van der Waals surface area contributed by atoms with Crippen LogP contribution in [0, 0.1) is 24.7 Å². The lowest BCUT2D eigenvalue weighted by Gasteiger charge is -2.22. The molecule has 4 heteroatoms. The predicted octanol–water partition coefficient (Wildman–Crippen LogP) is 3.37. The van der Waals surface area contributed by atoms with Gasteiger partial charge in [-0.25, -0.2) is 0 Å². The SMILES string of the molecule is COC(=O)C(CC(=O)N1C[C@H]2CCCC[C@H]2C1)Cc1ccccc1C. The van der Waals surface area contributed by atoms with Crippen LogP contribution in [0.25, 0.3) is 0 Å². The lowest BCUT2D eigenvalue weighted by molar-refractivity contribution is -0.148. The fourth-order valence-corrected chi connectivity index (χ4v) is 4.46. The molecule has 0 aromatic heterocycles. The van der Waals surface area contributed by atoms with Crippen LogP contribution in [0.1, 0.15) is 43.2 Å². The number of hydrogen-bond acceptors (Lipinski definition) is 3. The Bertz CT molecular complexity index is 613. The number of hydrogen-bond donors (Lipinski definition) is 0. The number of likely N-dealkylation sites (tertiary alicyclic amines) is 1. The summed E-state index contributed by atoms with van der Waals surface area (Å²) in [6, 6.07) is 8.03. The van der Waals surface area contributed by atoms with Gasteiger partial charge in [0.05, 0.1) is 13.0 Å². The Balaban J connectivity index is 1.65. The van der Waals surface area contributed by atoms with E-state index in [4.69, 9.17) is 4.74 Å². The molecule has 1 amide bonds. The van der Waals surface area contributed by atoms with E-state index in [9.17, 15) is 9.59 Å². The van der Waals surface area contributed by atoms with E-state index in [-0.39, 0.29) is 18.3 Å². The first-order chi connectivity index (χ1) is 12.1. The summed E-state index contributed by atoms with van der Waals surface area (Å²) >= 11 is 0. The van der Waals surface area contributed by atoms with E-state index in [2.05, 4.69) is 0 Å². The number of rotatable bonds is 5.